The Bertz CT molecular complexity index is 101. The van der Waals surface area contributed by atoms with Gasteiger partial charge in [0.25, 0.3) is 0 Å². The van der Waals surface area contributed by atoms with Crippen LogP contribution >= 0.6 is 0 Å². The van der Waals surface area contributed by atoms with Gasteiger partial charge in [-0.3, -0.25) is 0 Å². The van der Waals surface area contributed by atoms with Crippen LogP contribution in [0.15, 0.2) is 12.2 Å². The van der Waals surface area contributed by atoms with Gasteiger partial charge >= 0.3 is 59.1 Å². The number of rotatable bonds is 2. The second-order valence-electron chi connectivity index (χ2n) is 1.64. The van der Waals surface area contributed by atoms with Crippen molar-refractivity contribution >= 4 is 5.97 Å². The molecule has 0 aromatic heterocycles. The van der Waals surface area contributed by atoms with Crippen LogP contribution in [0.1, 0.15) is 13.3 Å². The summed E-state index contributed by atoms with van der Waals surface area (Å²) in [4.78, 5) is 9.49. The third kappa shape index (κ3) is 30.3. The number of carbonyl (C=O) groups excluding carboxylic acids is 1. The summed E-state index contributed by atoms with van der Waals surface area (Å²) in [6.45, 7) is 8.04. The Balaban J connectivity index is -0.0000000483. The van der Waals surface area contributed by atoms with E-state index >= 15 is 0 Å². The molecule has 0 radical (unpaired) electrons. The number of carbonyl (C=O) groups is 1. The molecule has 0 aliphatic rings. The number of carboxylic acid groups (broad SMARTS) is 1. The van der Waals surface area contributed by atoms with Gasteiger partial charge in [0, 0.05) is 6.61 Å². The third-order valence-corrected chi connectivity index (χ3v) is 0.507. The van der Waals surface area contributed by atoms with Crippen LogP contribution in [-0.4, -0.2) is 17.7 Å². The van der Waals surface area contributed by atoms with Crippen LogP contribution in [0, 0.1) is 6.92 Å². The zero-order valence-electron chi connectivity index (χ0n) is 8.09. The molecule has 0 aliphatic heterocycles. The molecule has 0 fully saturated rings. The summed E-state index contributed by atoms with van der Waals surface area (Å²) in [6.07, 6.45) is 0.625. The number of hydrogen-bond acceptors (Lipinski definition) is 3. The molecule has 1 N–H and O–H groups in total. The Morgan fingerprint density at radius 2 is 1.75 bits per heavy atom. The van der Waals surface area contributed by atoms with Crippen LogP contribution in [0.25, 0.3) is 0 Å². The van der Waals surface area contributed by atoms with Crippen LogP contribution in [0.2, 0.25) is 0 Å². The fraction of sp³-hybridized carbons (Fsp3) is 0.429. The van der Waals surface area contributed by atoms with Gasteiger partial charge in [0.2, 0.25) is 0 Å². The van der Waals surface area contributed by atoms with E-state index in [2.05, 4.69) is 13.5 Å². The quantitative estimate of drug-likeness (QED) is 0.267. The first-order valence-corrected chi connectivity index (χ1v) is 2.83. The van der Waals surface area contributed by atoms with E-state index < -0.39 is 5.97 Å². The maximum Gasteiger partial charge on any atom is 1.00 e. The fourth-order valence-electron chi connectivity index (χ4n) is 0. The molecule has 0 saturated carbocycles. The summed E-state index contributed by atoms with van der Waals surface area (Å²) in [5.41, 5.74) is 0.0648. The van der Waals surface area contributed by atoms with Gasteiger partial charge < -0.3 is 21.9 Å². The maximum atomic E-state index is 9.49. The molecule has 0 saturated heterocycles. The molecule has 12 heavy (non-hydrogen) atoms. The van der Waals surface area contributed by atoms with Crippen molar-refractivity contribution in [3.63, 3.8) is 0 Å². The normalized spacial score (nSPS) is 6.25. The van der Waals surface area contributed by atoms with Crippen molar-refractivity contribution in [1.82, 2.24) is 0 Å². The van der Waals surface area contributed by atoms with Crippen molar-refractivity contribution < 1.29 is 74.1 Å². The molecule has 3 nitrogen and oxygen atoms in total. The molecule has 0 aromatic carbocycles. The predicted octanol–water partition coefficient (Wildman–Crippen LogP) is -6.48. The van der Waals surface area contributed by atoms with Crippen molar-refractivity contribution in [3.8, 4) is 0 Å². The Morgan fingerprint density at radius 3 is 1.75 bits per heavy atom. The number of aliphatic hydroxyl groups excluding tert-OH is 1. The standard InChI is InChI=1S/C4H6O2.C3H7O.2Na/c1-3(2)4(5)6;1-2-3-4;;/h1H2,2H3,(H,5,6);4H,1-3H2;;/q;-1;2*+1/p-1. The van der Waals surface area contributed by atoms with Crippen molar-refractivity contribution in [2.24, 2.45) is 0 Å². The smallest absolute Gasteiger partial charge is 0.545 e. The maximum absolute atomic E-state index is 9.49. The summed E-state index contributed by atoms with van der Waals surface area (Å²) in [5.74, 6) is -1.19. The molecule has 0 bridgehead atoms. The van der Waals surface area contributed by atoms with E-state index in [9.17, 15) is 9.90 Å². The molecule has 0 spiro atoms. The Labute approximate surface area is 118 Å². The topological polar surface area (TPSA) is 60.4 Å². The summed E-state index contributed by atoms with van der Waals surface area (Å²) in [7, 11) is 0. The molecule has 60 valence electrons. The van der Waals surface area contributed by atoms with E-state index in [1.54, 1.807) is 0 Å². The van der Waals surface area contributed by atoms with Gasteiger partial charge in [-0.1, -0.05) is 6.58 Å². The zero-order valence-corrected chi connectivity index (χ0v) is 12.1. The van der Waals surface area contributed by atoms with Crippen molar-refractivity contribution in [3.05, 3.63) is 19.1 Å². The first kappa shape index (κ1) is 23.2. The molecule has 0 heterocycles. The minimum Gasteiger partial charge on any atom is -0.545 e. The van der Waals surface area contributed by atoms with Gasteiger partial charge in [0.1, 0.15) is 0 Å². The van der Waals surface area contributed by atoms with Crippen molar-refractivity contribution in [2.45, 2.75) is 13.3 Å². The average Bonchev–Trinajstić information content (AvgIpc) is 1.89. The minimum atomic E-state index is -1.19. The SMILES string of the molecule is C=C(C)C(=O)[O-].[CH2-]CCO.[Na+].[Na+]. The molecule has 0 amide bonds. The third-order valence-electron chi connectivity index (χ3n) is 0.507. The van der Waals surface area contributed by atoms with Crippen LogP contribution in [0.3, 0.4) is 0 Å². The van der Waals surface area contributed by atoms with Crippen LogP contribution in [0.5, 0.6) is 0 Å². The van der Waals surface area contributed by atoms with E-state index in [-0.39, 0.29) is 71.3 Å². The predicted molar refractivity (Wildman–Crippen MR) is 36.9 cm³/mol. The Morgan fingerprint density at radius 1 is 1.58 bits per heavy atom. The van der Waals surface area contributed by atoms with E-state index in [0.29, 0.717) is 6.42 Å². The number of aliphatic hydroxyl groups is 1. The van der Waals surface area contributed by atoms with Crippen LogP contribution in [-0.2, 0) is 4.79 Å². The molecule has 0 atom stereocenters. The van der Waals surface area contributed by atoms with E-state index in [1.807, 2.05) is 0 Å². The van der Waals surface area contributed by atoms with Gasteiger partial charge in [-0.2, -0.15) is 6.42 Å². The average molecular weight is 190 g/mol. The minimum absolute atomic E-state index is 0. The van der Waals surface area contributed by atoms with E-state index in [1.165, 1.54) is 6.92 Å². The zero-order chi connectivity index (χ0) is 8.57. The number of carboxylic acids is 1. The largest absolute Gasteiger partial charge is 1.00 e. The second kappa shape index (κ2) is 18.1. The van der Waals surface area contributed by atoms with Gasteiger partial charge in [0.05, 0.1) is 5.97 Å². The number of aliphatic carboxylic acids is 1. The monoisotopic (exact) mass is 190 g/mol. The first-order valence-electron chi connectivity index (χ1n) is 2.83. The molecule has 5 heteroatoms. The number of hydrogen-bond donors (Lipinski definition) is 1. The molecule has 0 rings (SSSR count). The molecule has 0 unspecified atom stereocenters. The Kier molecular flexibility index (Phi) is 34.9. The van der Waals surface area contributed by atoms with Crippen LogP contribution in [0.4, 0.5) is 0 Å². The summed E-state index contributed by atoms with van der Waals surface area (Å²) in [5, 5.41) is 17.3. The summed E-state index contributed by atoms with van der Waals surface area (Å²) >= 11 is 0. The van der Waals surface area contributed by atoms with Crippen LogP contribution < -0.4 is 64.2 Å². The van der Waals surface area contributed by atoms with E-state index in [4.69, 9.17) is 5.11 Å². The van der Waals surface area contributed by atoms with Gasteiger partial charge in [-0.15, -0.1) is 0 Å². The van der Waals surface area contributed by atoms with Gasteiger partial charge in [-0.25, -0.2) is 0 Å². The van der Waals surface area contributed by atoms with Crippen molar-refractivity contribution in [1.29, 1.82) is 0 Å². The molecular weight excluding hydrogens is 178 g/mol. The molecule has 0 aromatic rings. The van der Waals surface area contributed by atoms with Gasteiger partial charge in [-0.05, 0) is 12.5 Å². The van der Waals surface area contributed by atoms with Gasteiger partial charge in [0.15, 0.2) is 0 Å². The molecular formula is C7H12Na2O3. The summed E-state index contributed by atoms with van der Waals surface area (Å²) in [6, 6.07) is 0. The van der Waals surface area contributed by atoms with Crippen molar-refractivity contribution in [2.75, 3.05) is 6.61 Å². The first-order chi connectivity index (χ1) is 4.56. The fourth-order valence-corrected chi connectivity index (χ4v) is 0. The van der Waals surface area contributed by atoms with E-state index in [0.717, 1.165) is 0 Å². The Hall–Kier alpha value is 1.17. The summed E-state index contributed by atoms with van der Waals surface area (Å²) < 4.78 is 0. The molecule has 0 aliphatic carbocycles. The second-order valence-corrected chi connectivity index (χ2v) is 1.64.